The summed E-state index contributed by atoms with van der Waals surface area (Å²) in [5.74, 6) is 0.890. The average Bonchev–Trinajstić information content (AvgIpc) is 2.45. The van der Waals surface area contributed by atoms with Crippen LogP contribution >= 0.6 is 0 Å². The number of nitrogens with two attached hydrogens (primary N) is 1. The summed E-state index contributed by atoms with van der Waals surface area (Å²) in [5.41, 5.74) is 7.09. The van der Waals surface area contributed by atoms with E-state index in [9.17, 15) is 0 Å². The van der Waals surface area contributed by atoms with E-state index in [1.54, 1.807) is 0 Å². The van der Waals surface area contributed by atoms with Crippen molar-refractivity contribution in [2.24, 2.45) is 5.73 Å². The fraction of sp³-hybridized carbons (Fsp3) is 0.250. The molecule has 2 nitrogen and oxygen atoms in total. The smallest absolute Gasteiger partial charge is 0.119 e. The Hall–Kier alpha value is -1.80. The molecule has 0 aliphatic rings. The van der Waals surface area contributed by atoms with E-state index < -0.39 is 0 Å². The molecule has 1 unspecified atom stereocenters. The van der Waals surface area contributed by atoms with Gasteiger partial charge in [0.1, 0.15) is 11.9 Å². The van der Waals surface area contributed by atoms with Crippen molar-refractivity contribution < 1.29 is 4.74 Å². The number of aryl methyl sites for hydroxylation is 1. The summed E-state index contributed by atoms with van der Waals surface area (Å²) in [6.45, 7) is 0.543. The first-order chi connectivity index (χ1) is 8.88. The van der Waals surface area contributed by atoms with Crippen molar-refractivity contribution in [3.05, 3.63) is 66.2 Å². The molecule has 2 rings (SSSR count). The quantitative estimate of drug-likeness (QED) is 0.843. The number of rotatable bonds is 6. The molecule has 2 aromatic rings. The molecule has 0 bridgehead atoms. The summed E-state index contributed by atoms with van der Waals surface area (Å²) in [6, 6.07) is 20.3. The van der Waals surface area contributed by atoms with Gasteiger partial charge in [0.25, 0.3) is 0 Å². The number of benzene rings is 2. The number of hydrogen-bond acceptors (Lipinski definition) is 2. The van der Waals surface area contributed by atoms with Crippen LogP contribution in [0.5, 0.6) is 5.75 Å². The Kier molecular flexibility index (Phi) is 4.79. The minimum Gasteiger partial charge on any atom is -0.489 e. The van der Waals surface area contributed by atoms with Crippen LogP contribution in [0, 0.1) is 0 Å². The lowest BCUT2D eigenvalue weighted by Crippen LogP contribution is -2.27. The molecule has 1 atom stereocenters. The van der Waals surface area contributed by atoms with E-state index in [1.165, 1.54) is 5.56 Å². The van der Waals surface area contributed by atoms with Crippen LogP contribution in [0.25, 0.3) is 0 Å². The van der Waals surface area contributed by atoms with Crippen LogP contribution in [-0.4, -0.2) is 12.6 Å². The largest absolute Gasteiger partial charge is 0.489 e. The Labute approximate surface area is 108 Å². The maximum Gasteiger partial charge on any atom is 0.119 e. The number of ether oxygens (including phenoxy) is 1. The van der Waals surface area contributed by atoms with Crippen LogP contribution in [-0.2, 0) is 6.42 Å². The van der Waals surface area contributed by atoms with E-state index in [-0.39, 0.29) is 6.10 Å². The van der Waals surface area contributed by atoms with Gasteiger partial charge in [0, 0.05) is 6.54 Å². The minimum absolute atomic E-state index is 0.0765. The highest BCUT2D eigenvalue weighted by Crippen LogP contribution is 2.13. The molecule has 2 N–H and O–H groups in total. The topological polar surface area (TPSA) is 35.2 Å². The second-order valence-corrected chi connectivity index (χ2v) is 4.31. The van der Waals surface area contributed by atoms with Gasteiger partial charge in [0.15, 0.2) is 0 Å². The van der Waals surface area contributed by atoms with Gasteiger partial charge in [0.05, 0.1) is 0 Å². The van der Waals surface area contributed by atoms with Crippen LogP contribution in [0.1, 0.15) is 12.0 Å². The van der Waals surface area contributed by atoms with E-state index in [0.717, 1.165) is 18.6 Å². The lowest BCUT2D eigenvalue weighted by atomic mass is 10.1. The number of hydrogen-bond donors (Lipinski definition) is 1. The summed E-state index contributed by atoms with van der Waals surface area (Å²) in [7, 11) is 0. The first-order valence-electron chi connectivity index (χ1n) is 6.34. The molecule has 0 aliphatic carbocycles. The van der Waals surface area contributed by atoms with Crippen molar-refractivity contribution in [2.75, 3.05) is 6.54 Å². The highest BCUT2D eigenvalue weighted by atomic mass is 16.5. The maximum absolute atomic E-state index is 5.86. The molecule has 0 saturated heterocycles. The Bertz CT molecular complexity index is 441. The molecule has 94 valence electrons. The van der Waals surface area contributed by atoms with Crippen molar-refractivity contribution in [1.29, 1.82) is 0 Å². The summed E-state index contributed by atoms with van der Waals surface area (Å²) < 4.78 is 5.86. The molecule has 0 fully saturated rings. The molecule has 0 aromatic heterocycles. The standard InChI is InChI=1S/C16H19NO/c17-13-16(18-15-9-5-2-6-10-15)12-11-14-7-3-1-4-8-14/h1-10,16H,11-13,17H2. The molecule has 18 heavy (non-hydrogen) atoms. The fourth-order valence-electron chi connectivity index (χ4n) is 1.89. The van der Waals surface area contributed by atoms with E-state index in [4.69, 9.17) is 10.5 Å². The highest BCUT2D eigenvalue weighted by molar-refractivity contribution is 5.21. The average molecular weight is 241 g/mol. The molecule has 0 amide bonds. The van der Waals surface area contributed by atoms with Gasteiger partial charge in [-0.25, -0.2) is 0 Å². The van der Waals surface area contributed by atoms with Gasteiger partial charge in [-0.1, -0.05) is 48.5 Å². The molecule has 0 spiro atoms. The Morgan fingerprint density at radius 2 is 1.50 bits per heavy atom. The van der Waals surface area contributed by atoms with Crippen molar-refractivity contribution in [2.45, 2.75) is 18.9 Å². The predicted molar refractivity (Wildman–Crippen MR) is 74.7 cm³/mol. The van der Waals surface area contributed by atoms with Gasteiger partial charge in [-0.05, 0) is 30.5 Å². The Morgan fingerprint density at radius 1 is 0.889 bits per heavy atom. The third kappa shape index (κ3) is 3.90. The van der Waals surface area contributed by atoms with E-state index in [0.29, 0.717) is 6.54 Å². The van der Waals surface area contributed by atoms with Crippen molar-refractivity contribution in [3.63, 3.8) is 0 Å². The zero-order valence-electron chi connectivity index (χ0n) is 10.5. The monoisotopic (exact) mass is 241 g/mol. The lowest BCUT2D eigenvalue weighted by molar-refractivity contribution is 0.199. The summed E-state index contributed by atoms with van der Waals surface area (Å²) in [6.07, 6.45) is 2.01. The summed E-state index contributed by atoms with van der Waals surface area (Å²) in [5, 5.41) is 0. The third-order valence-electron chi connectivity index (χ3n) is 2.91. The predicted octanol–water partition coefficient (Wildman–Crippen LogP) is 3.03. The van der Waals surface area contributed by atoms with Crippen molar-refractivity contribution in [1.82, 2.24) is 0 Å². The maximum atomic E-state index is 5.86. The normalized spacial score (nSPS) is 12.1. The second-order valence-electron chi connectivity index (χ2n) is 4.31. The van der Waals surface area contributed by atoms with Crippen molar-refractivity contribution >= 4 is 0 Å². The van der Waals surface area contributed by atoms with Crippen LogP contribution < -0.4 is 10.5 Å². The zero-order valence-corrected chi connectivity index (χ0v) is 10.5. The summed E-state index contributed by atoms with van der Waals surface area (Å²) >= 11 is 0. The molecule has 0 aliphatic heterocycles. The molecular formula is C16H19NO. The minimum atomic E-state index is 0.0765. The van der Waals surface area contributed by atoms with E-state index in [2.05, 4.69) is 24.3 Å². The summed E-state index contributed by atoms with van der Waals surface area (Å²) in [4.78, 5) is 0. The third-order valence-corrected chi connectivity index (χ3v) is 2.91. The van der Waals surface area contributed by atoms with Gasteiger partial charge in [-0.2, -0.15) is 0 Å². The van der Waals surface area contributed by atoms with E-state index in [1.807, 2.05) is 36.4 Å². The van der Waals surface area contributed by atoms with Crippen molar-refractivity contribution in [3.8, 4) is 5.75 Å². The Balaban J connectivity index is 1.86. The van der Waals surface area contributed by atoms with Gasteiger partial charge >= 0.3 is 0 Å². The molecule has 2 aromatic carbocycles. The molecule has 2 heteroatoms. The molecule has 0 radical (unpaired) electrons. The Morgan fingerprint density at radius 3 is 2.11 bits per heavy atom. The van der Waals surface area contributed by atoms with Gasteiger partial charge in [0.2, 0.25) is 0 Å². The fourth-order valence-corrected chi connectivity index (χ4v) is 1.89. The van der Waals surface area contributed by atoms with Crippen LogP contribution in [0.4, 0.5) is 0 Å². The van der Waals surface area contributed by atoms with E-state index >= 15 is 0 Å². The number of para-hydroxylation sites is 1. The zero-order chi connectivity index (χ0) is 12.6. The molecule has 0 saturated carbocycles. The van der Waals surface area contributed by atoms with Gasteiger partial charge < -0.3 is 10.5 Å². The van der Waals surface area contributed by atoms with Gasteiger partial charge in [-0.15, -0.1) is 0 Å². The van der Waals surface area contributed by atoms with Crippen LogP contribution in [0.15, 0.2) is 60.7 Å². The molecule has 0 heterocycles. The first kappa shape index (κ1) is 12.7. The van der Waals surface area contributed by atoms with Crippen LogP contribution in [0.2, 0.25) is 0 Å². The highest BCUT2D eigenvalue weighted by Gasteiger charge is 2.08. The first-order valence-corrected chi connectivity index (χ1v) is 6.34. The second kappa shape index (κ2) is 6.82. The van der Waals surface area contributed by atoms with Gasteiger partial charge in [-0.3, -0.25) is 0 Å². The molecular weight excluding hydrogens is 222 g/mol. The lowest BCUT2D eigenvalue weighted by Gasteiger charge is -2.17. The SMILES string of the molecule is NCC(CCc1ccccc1)Oc1ccccc1. The van der Waals surface area contributed by atoms with Crippen LogP contribution in [0.3, 0.4) is 0 Å².